The average Bonchev–Trinajstić information content (AvgIpc) is 2.59. The smallest absolute Gasteiger partial charge is 0.126 e. The first kappa shape index (κ1) is 11.4. The highest BCUT2D eigenvalue weighted by molar-refractivity contribution is 14.1. The van der Waals surface area contributed by atoms with Crippen molar-refractivity contribution >= 4 is 22.6 Å². The van der Waals surface area contributed by atoms with Crippen LogP contribution in [0.1, 0.15) is 37.3 Å². The Balaban J connectivity index is 2.09. The number of methoxy groups -OCH3 is 1. The van der Waals surface area contributed by atoms with Crippen molar-refractivity contribution in [1.82, 2.24) is 9.78 Å². The van der Waals surface area contributed by atoms with Gasteiger partial charge in [0.05, 0.1) is 12.1 Å². The maximum atomic E-state index is 5.44. The van der Waals surface area contributed by atoms with E-state index in [1.54, 1.807) is 0 Å². The van der Waals surface area contributed by atoms with Crippen molar-refractivity contribution in [2.24, 2.45) is 0 Å². The van der Waals surface area contributed by atoms with E-state index < -0.39 is 0 Å². The zero-order valence-corrected chi connectivity index (χ0v) is 11.4. The van der Waals surface area contributed by atoms with Crippen molar-refractivity contribution in [3.05, 3.63) is 15.5 Å². The molecule has 0 saturated heterocycles. The van der Waals surface area contributed by atoms with Gasteiger partial charge in [0, 0.05) is 18.9 Å². The highest BCUT2D eigenvalue weighted by atomic mass is 127. The van der Waals surface area contributed by atoms with Gasteiger partial charge in [-0.15, -0.1) is 0 Å². The molecule has 0 spiro atoms. The predicted molar refractivity (Wildman–Crippen MR) is 68.0 cm³/mol. The minimum absolute atomic E-state index is 0.422. The first-order valence-corrected chi connectivity index (χ1v) is 6.52. The number of ether oxygens (including phenoxy) is 1. The zero-order valence-electron chi connectivity index (χ0n) is 9.24. The minimum Gasteiger partial charge on any atom is -0.381 e. The summed E-state index contributed by atoms with van der Waals surface area (Å²) in [4.78, 5) is 0. The summed E-state index contributed by atoms with van der Waals surface area (Å²) in [5.41, 5.74) is 1.27. The van der Waals surface area contributed by atoms with Gasteiger partial charge in [-0.2, -0.15) is 5.10 Å². The van der Waals surface area contributed by atoms with Crippen molar-refractivity contribution in [1.29, 1.82) is 0 Å². The summed E-state index contributed by atoms with van der Waals surface area (Å²) in [6.45, 7) is 2.11. The van der Waals surface area contributed by atoms with Crippen LogP contribution in [-0.2, 0) is 4.74 Å². The molecular formula is C11H17IN2O. The van der Waals surface area contributed by atoms with Crippen LogP contribution < -0.4 is 0 Å². The van der Waals surface area contributed by atoms with Gasteiger partial charge >= 0.3 is 0 Å². The van der Waals surface area contributed by atoms with Gasteiger partial charge in [0.1, 0.15) is 3.70 Å². The van der Waals surface area contributed by atoms with Crippen molar-refractivity contribution < 1.29 is 4.74 Å². The third kappa shape index (κ3) is 2.53. The Morgan fingerprint density at radius 2 is 2.33 bits per heavy atom. The minimum atomic E-state index is 0.422. The summed E-state index contributed by atoms with van der Waals surface area (Å²) in [7, 11) is 1.81. The second-order valence-corrected chi connectivity index (χ2v) is 5.28. The van der Waals surface area contributed by atoms with Gasteiger partial charge in [0.2, 0.25) is 0 Å². The van der Waals surface area contributed by atoms with Crippen LogP contribution >= 0.6 is 22.6 Å². The molecule has 0 amide bonds. The Hall–Kier alpha value is -0.100. The molecule has 1 aromatic heterocycles. The molecule has 0 radical (unpaired) electrons. The largest absolute Gasteiger partial charge is 0.381 e. The third-order valence-corrected chi connectivity index (χ3v) is 4.23. The summed E-state index contributed by atoms with van der Waals surface area (Å²) >= 11 is 2.29. The molecule has 2 rings (SSSR count). The molecular weight excluding hydrogens is 303 g/mol. The number of aryl methyl sites for hydroxylation is 1. The van der Waals surface area contributed by atoms with Gasteiger partial charge in [0.15, 0.2) is 0 Å². The Morgan fingerprint density at radius 1 is 1.53 bits per heavy atom. The first-order chi connectivity index (χ1) is 7.20. The monoisotopic (exact) mass is 320 g/mol. The van der Waals surface area contributed by atoms with Crippen molar-refractivity contribution in [3.8, 4) is 0 Å². The molecule has 1 aromatic rings. The molecule has 1 aliphatic rings. The fourth-order valence-electron chi connectivity index (χ4n) is 2.22. The average molecular weight is 320 g/mol. The Morgan fingerprint density at radius 3 is 2.93 bits per heavy atom. The van der Waals surface area contributed by atoms with Crippen LogP contribution in [0, 0.1) is 10.6 Å². The molecule has 1 heterocycles. The van der Waals surface area contributed by atoms with E-state index in [9.17, 15) is 0 Å². The maximum absolute atomic E-state index is 5.44. The molecule has 1 saturated carbocycles. The highest BCUT2D eigenvalue weighted by Gasteiger charge is 2.23. The number of rotatable bonds is 2. The Bertz CT molecular complexity index is 318. The quantitative estimate of drug-likeness (QED) is 0.784. The van der Waals surface area contributed by atoms with E-state index in [2.05, 4.69) is 45.5 Å². The van der Waals surface area contributed by atoms with E-state index in [1.165, 1.54) is 24.8 Å². The molecule has 84 valence electrons. The van der Waals surface area contributed by atoms with Gasteiger partial charge in [-0.05, 0) is 55.2 Å². The van der Waals surface area contributed by atoms with Gasteiger partial charge in [-0.25, -0.2) is 0 Å². The van der Waals surface area contributed by atoms with E-state index >= 15 is 0 Å². The predicted octanol–water partition coefficient (Wildman–Crippen LogP) is 2.93. The maximum Gasteiger partial charge on any atom is 0.126 e. The summed E-state index contributed by atoms with van der Waals surface area (Å²) in [5.74, 6) is 0. The third-order valence-electron chi connectivity index (χ3n) is 3.16. The standard InChI is InChI=1S/C11H17IN2O/c1-8-7-14(13-11(8)12)9-4-3-5-10(6-9)15-2/h7,9-10H,3-6H2,1-2H3. The normalized spacial score (nSPS) is 26.9. The molecule has 0 aliphatic heterocycles. The second kappa shape index (κ2) is 4.82. The lowest BCUT2D eigenvalue weighted by Crippen LogP contribution is -2.24. The zero-order chi connectivity index (χ0) is 10.8. The van der Waals surface area contributed by atoms with E-state index in [0.29, 0.717) is 12.1 Å². The fourth-order valence-corrected chi connectivity index (χ4v) is 2.61. The number of aromatic nitrogens is 2. The van der Waals surface area contributed by atoms with Crippen molar-refractivity contribution in [2.45, 2.75) is 44.8 Å². The van der Waals surface area contributed by atoms with Gasteiger partial charge in [-0.1, -0.05) is 0 Å². The van der Waals surface area contributed by atoms with Crippen LogP contribution in [0.4, 0.5) is 0 Å². The molecule has 0 N–H and O–H groups in total. The lowest BCUT2D eigenvalue weighted by molar-refractivity contribution is 0.0507. The lowest BCUT2D eigenvalue weighted by Gasteiger charge is -2.28. The van der Waals surface area contributed by atoms with Gasteiger partial charge in [0.25, 0.3) is 0 Å². The molecule has 15 heavy (non-hydrogen) atoms. The van der Waals surface area contributed by atoms with Gasteiger partial charge < -0.3 is 4.74 Å². The van der Waals surface area contributed by atoms with Crippen molar-refractivity contribution in [2.75, 3.05) is 7.11 Å². The lowest BCUT2D eigenvalue weighted by atomic mass is 9.93. The van der Waals surface area contributed by atoms with Crippen LogP contribution in [0.15, 0.2) is 6.20 Å². The fraction of sp³-hybridized carbons (Fsp3) is 0.727. The molecule has 2 unspecified atom stereocenters. The summed E-state index contributed by atoms with van der Waals surface area (Å²) in [5, 5.41) is 4.55. The van der Waals surface area contributed by atoms with Crippen LogP contribution in [-0.4, -0.2) is 23.0 Å². The highest BCUT2D eigenvalue weighted by Crippen LogP contribution is 2.30. The topological polar surface area (TPSA) is 27.1 Å². The summed E-state index contributed by atoms with van der Waals surface area (Å²) in [6.07, 6.45) is 7.36. The molecule has 2 atom stereocenters. The number of halogens is 1. The molecule has 3 nitrogen and oxygen atoms in total. The summed E-state index contributed by atoms with van der Waals surface area (Å²) < 4.78 is 8.68. The van der Waals surface area contributed by atoms with Crippen LogP contribution in [0.25, 0.3) is 0 Å². The number of hydrogen-bond donors (Lipinski definition) is 0. The SMILES string of the molecule is COC1CCCC(n2cc(C)c(I)n2)C1. The van der Waals surface area contributed by atoms with Crippen molar-refractivity contribution in [3.63, 3.8) is 0 Å². The number of hydrogen-bond acceptors (Lipinski definition) is 2. The molecule has 0 bridgehead atoms. The van der Waals surface area contributed by atoms with Crippen LogP contribution in [0.2, 0.25) is 0 Å². The van der Waals surface area contributed by atoms with E-state index in [1.807, 2.05) is 7.11 Å². The molecule has 1 fully saturated rings. The Labute approximate surface area is 104 Å². The first-order valence-electron chi connectivity index (χ1n) is 5.44. The summed E-state index contributed by atoms with van der Waals surface area (Å²) in [6, 6.07) is 0.533. The van der Waals surface area contributed by atoms with Gasteiger partial charge in [-0.3, -0.25) is 4.68 Å². The Kier molecular flexibility index (Phi) is 3.66. The van der Waals surface area contributed by atoms with Crippen LogP contribution in [0.3, 0.4) is 0 Å². The second-order valence-electron chi connectivity index (χ2n) is 4.26. The number of nitrogens with zero attached hydrogens (tertiary/aromatic N) is 2. The van der Waals surface area contributed by atoms with E-state index in [-0.39, 0.29) is 0 Å². The van der Waals surface area contributed by atoms with Crippen LogP contribution in [0.5, 0.6) is 0 Å². The van der Waals surface area contributed by atoms with E-state index in [0.717, 1.165) is 10.1 Å². The molecule has 1 aliphatic carbocycles. The molecule has 4 heteroatoms. The van der Waals surface area contributed by atoms with E-state index in [4.69, 9.17) is 4.74 Å². The molecule has 0 aromatic carbocycles.